The van der Waals surface area contributed by atoms with E-state index in [1.807, 2.05) is 0 Å². The molecule has 1 heterocycles. The number of halogens is 2. The number of rotatable bonds is 6. The van der Waals surface area contributed by atoms with Crippen LogP contribution in [0.2, 0.25) is 0 Å². The lowest BCUT2D eigenvalue weighted by Crippen LogP contribution is -2.06. The molecule has 0 saturated heterocycles. The van der Waals surface area contributed by atoms with Crippen molar-refractivity contribution in [1.29, 1.82) is 0 Å². The first kappa shape index (κ1) is 18.5. The van der Waals surface area contributed by atoms with Gasteiger partial charge in [0.25, 0.3) is 0 Å². The molecule has 0 aliphatic heterocycles. The van der Waals surface area contributed by atoms with E-state index in [9.17, 15) is 14.5 Å². The predicted molar refractivity (Wildman–Crippen MR) is 102 cm³/mol. The van der Waals surface area contributed by atoms with Gasteiger partial charge in [-0.05, 0) is 30.3 Å². The Morgan fingerprint density at radius 3 is 2.41 bits per heavy atom. The summed E-state index contributed by atoms with van der Waals surface area (Å²) in [4.78, 5) is 18.8. The number of methoxy groups -OCH3 is 1. The van der Waals surface area contributed by atoms with Gasteiger partial charge in [-0.25, -0.2) is 14.4 Å². The number of nitro groups is 1. The van der Waals surface area contributed by atoms with Crippen LogP contribution in [0.15, 0.2) is 53.3 Å². The van der Waals surface area contributed by atoms with E-state index >= 15 is 0 Å². The van der Waals surface area contributed by atoms with Gasteiger partial charge in [-0.3, -0.25) is 10.1 Å². The number of hydrogen-bond donors (Lipinski definition) is 2. The number of aromatic nitrogens is 2. The van der Waals surface area contributed by atoms with Crippen LogP contribution >= 0.6 is 15.9 Å². The first-order valence-electron chi connectivity index (χ1n) is 7.61. The van der Waals surface area contributed by atoms with Gasteiger partial charge in [0.1, 0.15) is 17.9 Å². The third kappa shape index (κ3) is 4.11. The monoisotopic (exact) mass is 433 g/mol. The van der Waals surface area contributed by atoms with E-state index in [4.69, 9.17) is 4.74 Å². The van der Waals surface area contributed by atoms with Gasteiger partial charge in [-0.2, -0.15) is 0 Å². The molecule has 2 N–H and O–H groups in total. The normalized spacial score (nSPS) is 10.3. The van der Waals surface area contributed by atoms with E-state index in [0.717, 1.165) is 6.33 Å². The number of nitrogens with one attached hydrogen (secondary N) is 2. The summed E-state index contributed by atoms with van der Waals surface area (Å²) in [6, 6.07) is 11.2. The summed E-state index contributed by atoms with van der Waals surface area (Å²) in [6.07, 6.45) is 1.14. The zero-order valence-electron chi connectivity index (χ0n) is 13.9. The van der Waals surface area contributed by atoms with Crippen LogP contribution in [0.25, 0.3) is 0 Å². The molecule has 0 fully saturated rings. The SMILES string of the molecule is COc1ccccc1Nc1ncnc(Nc2ccc(Br)cc2F)c1[N+](=O)[O-]. The topological polar surface area (TPSA) is 102 Å². The summed E-state index contributed by atoms with van der Waals surface area (Å²) in [5.41, 5.74) is 0.108. The molecular formula is C17H13BrFN5O3. The largest absolute Gasteiger partial charge is 0.495 e. The van der Waals surface area contributed by atoms with E-state index in [-0.39, 0.29) is 17.3 Å². The van der Waals surface area contributed by atoms with Crippen molar-refractivity contribution in [3.8, 4) is 5.75 Å². The molecule has 3 aromatic rings. The number of anilines is 4. The van der Waals surface area contributed by atoms with Crippen molar-refractivity contribution in [2.24, 2.45) is 0 Å². The van der Waals surface area contributed by atoms with Crippen LogP contribution in [-0.4, -0.2) is 22.0 Å². The molecule has 2 aromatic carbocycles. The Morgan fingerprint density at radius 1 is 1.11 bits per heavy atom. The molecule has 0 amide bonds. The van der Waals surface area contributed by atoms with Gasteiger partial charge >= 0.3 is 5.69 Å². The Morgan fingerprint density at radius 2 is 1.78 bits per heavy atom. The Kier molecular flexibility index (Phi) is 5.46. The summed E-state index contributed by atoms with van der Waals surface area (Å²) < 4.78 is 19.8. The van der Waals surface area contributed by atoms with E-state index in [1.54, 1.807) is 30.3 Å². The molecule has 3 rings (SSSR count). The fourth-order valence-corrected chi connectivity index (χ4v) is 2.66. The zero-order valence-corrected chi connectivity index (χ0v) is 15.5. The first-order valence-corrected chi connectivity index (χ1v) is 8.40. The molecular weight excluding hydrogens is 421 g/mol. The minimum absolute atomic E-state index is 0.0447. The van der Waals surface area contributed by atoms with Gasteiger partial charge in [-0.1, -0.05) is 28.1 Å². The smallest absolute Gasteiger partial charge is 0.353 e. The predicted octanol–water partition coefficient (Wildman–Crippen LogP) is 4.78. The van der Waals surface area contributed by atoms with E-state index in [2.05, 4.69) is 36.5 Å². The maximum Gasteiger partial charge on any atom is 0.353 e. The molecule has 0 aliphatic carbocycles. The summed E-state index contributed by atoms with van der Waals surface area (Å²) in [6.45, 7) is 0. The van der Waals surface area contributed by atoms with E-state index < -0.39 is 16.4 Å². The van der Waals surface area contributed by atoms with Crippen molar-refractivity contribution >= 4 is 44.6 Å². The molecule has 138 valence electrons. The second-order valence-electron chi connectivity index (χ2n) is 5.25. The van der Waals surface area contributed by atoms with Gasteiger partial charge in [0.15, 0.2) is 0 Å². The van der Waals surface area contributed by atoms with Gasteiger partial charge in [0.2, 0.25) is 11.6 Å². The molecule has 0 spiro atoms. The standard InChI is InChI=1S/C17H13BrFN5O3/c1-27-14-5-3-2-4-13(14)23-17-15(24(25)26)16(20-9-21-17)22-12-7-6-10(18)8-11(12)19/h2-9H,1H3,(H2,20,21,22,23). The van der Waals surface area contributed by atoms with Crippen molar-refractivity contribution < 1.29 is 14.1 Å². The van der Waals surface area contributed by atoms with Crippen LogP contribution in [-0.2, 0) is 0 Å². The van der Waals surface area contributed by atoms with Crippen LogP contribution in [0.3, 0.4) is 0 Å². The van der Waals surface area contributed by atoms with Crippen molar-refractivity contribution in [2.45, 2.75) is 0 Å². The van der Waals surface area contributed by atoms with Crippen LogP contribution in [0.1, 0.15) is 0 Å². The zero-order chi connectivity index (χ0) is 19.4. The fraction of sp³-hybridized carbons (Fsp3) is 0.0588. The van der Waals surface area contributed by atoms with Crippen LogP contribution in [0.5, 0.6) is 5.75 Å². The lowest BCUT2D eigenvalue weighted by atomic mass is 10.2. The van der Waals surface area contributed by atoms with Crippen molar-refractivity contribution in [1.82, 2.24) is 9.97 Å². The van der Waals surface area contributed by atoms with Crippen LogP contribution < -0.4 is 15.4 Å². The highest BCUT2D eigenvalue weighted by molar-refractivity contribution is 9.10. The Hall–Kier alpha value is -3.27. The maximum absolute atomic E-state index is 14.1. The molecule has 0 radical (unpaired) electrons. The minimum Gasteiger partial charge on any atom is -0.495 e. The first-order chi connectivity index (χ1) is 13.0. The summed E-state index contributed by atoms with van der Waals surface area (Å²) >= 11 is 3.16. The van der Waals surface area contributed by atoms with Crippen molar-refractivity contribution in [3.63, 3.8) is 0 Å². The number of ether oxygens (including phenoxy) is 1. The number of benzene rings is 2. The van der Waals surface area contributed by atoms with Crippen molar-refractivity contribution in [3.05, 3.63) is 69.2 Å². The number of para-hydroxylation sites is 2. The van der Waals surface area contributed by atoms with Gasteiger partial charge in [-0.15, -0.1) is 0 Å². The second-order valence-corrected chi connectivity index (χ2v) is 6.17. The van der Waals surface area contributed by atoms with Crippen LogP contribution in [0, 0.1) is 15.9 Å². The Labute approximate surface area is 161 Å². The summed E-state index contributed by atoms with van der Waals surface area (Å²) in [5, 5.41) is 17.1. The highest BCUT2D eigenvalue weighted by atomic mass is 79.9. The second kappa shape index (κ2) is 7.96. The summed E-state index contributed by atoms with van der Waals surface area (Å²) in [5.74, 6) is -0.302. The number of hydrogen-bond acceptors (Lipinski definition) is 7. The molecule has 0 bridgehead atoms. The van der Waals surface area contributed by atoms with E-state index in [0.29, 0.717) is 15.9 Å². The van der Waals surface area contributed by atoms with Crippen molar-refractivity contribution in [2.75, 3.05) is 17.7 Å². The van der Waals surface area contributed by atoms with Crippen LogP contribution in [0.4, 0.5) is 33.1 Å². The van der Waals surface area contributed by atoms with E-state index in [1.165, 1.54) is 19.2 Å². The number of nitrogens with zero attached hydrogens (tertiary/aromatic N) is 3. The molecule has 0 aliphatic rings. The van der Waals surface area contributed by atoms with Gasteiger partial charge < -0.3 is 15.4 Å². The van der Waals surface area contributed by atoms with Gasteiger partial charge in [0.05, 0.1) is 23.4 Å². The highest BCUT2D eigenvalue weighted by Crippen LogP contribution is 2.35. The Balaban J connectivity index is 2.01. The lowest BCUT2D eigenvalue weighted by molar-refractivity contribution is -0.383. The lowest BCUT2D eigenvalue weighted by Gasteiger charge is -2.12. The molecule has 0 atom stereocenters. The highest BCUT2D eigenvalue weighted by Gasteiger charge is 2.24. The summed E-state index contributed by atoms with van der Waals surface area (Å²) in [7, 11) is 1.48. The third-order valence-electron chi connectivity index (χ3n) is 3.55. The molecule has 10 heteroatoms. The van der Waals surface area contributed by atoms with Gasteiger partial charge in [0, 0.05) is 4.47 Å². The average molecular weight is 434 g/mol. The quantitative estimate of drug-likeness (QED) is 0.425. The molecule has 0 saturated carbocycles. The molecule has 0 unspecified atom stereocenters. The molecule has 27 heavy (non-hydrogen) atoms. The molecule has 1 aromatic heterocycles. The average Bonchev–Trinajstić information content (AvgIpc) is 2.64. The molecule has 8 nitrogen and oxygen atoms in total. The fourth-order valence-electron chi connectivity index (χ4n) is 2.33. The third-order valence-corrected chi connectivity index (χ3v) is 4.04. The maximum atomic E-state index is 14.1. The Bertz CT molecular complexity index is 1000. The minimum atomic E-state index is -0.642.